The lowest BCUT2D eigenvalue weighted by molar-refractivity contribution is -0.123. The predicted molar refractivity (Wildman–Crippen MR) is 129 cm³/mol. The Balaban J connectivity index is 0.000000464. The van der Waals surface area contributed by atoms with Crippen molar-refractivity contribution in [3.8, 4) is 0 Å². The van der Waals surface area contributed by atoms with Crippen LogP contribution in [-0.4, -0.2) is 98.1 Å². The number of aromatic amines is 1. The molecule has 12 heteroatoms. The maximum Gasteiger partial charge on any atom is 0.290 e. The highest BCUT2D eigenvalue weighted by Gasteiger charge is 2.39. The highest BCUT2D eigenvalue weighted by Crippen LogP contribution is 2.36. The summed E-state index contributed by atoms with van der Waals surface area (Å²) >= 11 is 0. The fraction of sp³-hybridized carbons (Fsp3) is 0.625. The number of hydrogen-bond donors (Lipinski definition) is 3. The predicted octanol–water partition coefficient (Wildman–Crippen LogP) is 0.566. The Kier molecular flexibility index (Phi) is 8.83. The van der Waals surface area contributed by atoms with Gasteiger partial charge in [-0.15, -0.1) is 0 Å². The first-order valence-corrected chi connectivity index (χ1v) is 12.4. The number of hydrogen-bond acceptors (Lipinski definition) is 8. The van der Waals surface area contributed by atoms with Crippen LogP contribution >= 0.6 is 0 Å². The molecule has 3 N–H and O–H groups in total. The van der Waals surface area contributed by atoms with Crippen molar-refractivity contribution >= 4 is 12.9 Å². The van der Waals surface area contributed by atoms with Crippen LogP contribution < -0.4 is 5.56 Å². The maximum absolute atomic E-state index is 13.3. The molecule has 2 aromatic heterocycles. The number of carboxylic acid groups (broad SMARTS) is 2. The first-order valence-electron chi connectivity index (χ1n) is 12.4. The molecule has 4 aliphatic rings. The second-order valence-electron chi connectivity index (χ2n) is 9.77. The van der Waals surface area contributed by atoms with Crippen molar-refractivity contribution in [3.63, 3.8) is 0 Å². The normalized spacial score (nSPS) is 24.2. The van der Waals surface area contributed by atoms with Crippen LogP contribution in [0.4, 0.5) is 0 Å². The van der Waals surface area contributed by atoms with Crippen molar-refractivity contribution in [1.29, 1.82) is 0 Å². The van der Waals surface area contributed by atoms with E-state index in [4.69, 9.17) is 24.5 Å². The monoisotopic (exact) mass is 502 g/mol. The topological polar surface area (TPSA) is 154 Å². The Morgan fingerprint density at radius 3 is 2.39 bits per heavy atom. The minimum atomic E-state index is -0.250. The Labute approximate surface area is 208 Å². The number of nitrogens with one attached hydrogen (secondary N) is 1. The molecule has 12 nitrogen and oxygen atoms in total. The van der Waals surface area contributed by atoms with Gasteiger partial charge in [0.1, 0.15) is 12.2 Å². The van der Waals surface area contributed by atoms with Crippen LogP contribution in [-0.2, 0) is 27.4 Å². The van der Waals surface area contributed by atoms with Crippen LogP contribution in [0, 0.1) is 5.92 Å². The molecule has 0 spiro atoms. The standard InChI is InChI=1S/C22H30N6O2.2CH2O2/c29-22-17(10-26-5-3-16(4-6-26)21-23-14-24-25-21)1-2-20-18-7-15(9-28(20)22)8-27(11-18)19-12-30-13-19;2*2-1-3/h1-2,14-16,18-19H,3-13H2,(H,23,24,25);2*1H,(H,2,3)/t15-,18+;;/m0../s1. The molecule has 0 amide bonds. The maximum atomic E-state index is 13.3. The van der Waals surface area contributed by atoms with Gasteiger partial charge in [-0.2, -0.15) is 5.10 Å². The third-order valence-corrected chi connectivity index (χ3v) is 7.65. The molecule has 36 heavy (non-hydrogen) atoms. The number of fused-ring (bicyclic) bond motifs is 4. The van der Waals surface area contributed by atoms with Gasteiger partial charge in [0.25, 0.3) is 18.5 Å². The molecular formula is C24H34N6O6. The minimum Gasteiger partial charge on any atom is -0.483 e. The summed E-state index contributed by atoms with van der Waals surface area (Å²) in [5, 5.41) is 20.8. The average molecular weight is 503 g/mol. The van der Waals surface area contributed by atoms with E-state index in [1.807, 2.05) is 0 Å². The van der Waals surface area contributed by atoms with E-state index < -0.39 is 0 Å². The molecule has 4 aliphatic heterocycles. The third kappa shape index (κ3) is 5.82. The second-order valence-corrected chi connectivity index (χ2v) is 9.77. The van der Waals surface area contributed by atoms with Gasteiger partial charge in [-0.3, -0.25) is 29.3 Å². The summed E-state index contributed by atoms with van der Waals surface area (Å²) in [7, 11) is 0. The number of ether oxygens (including phenoxy) is 1. The number of likely N-dealkylation sites (tertiary alicyclic amines) is 2. The summed E-state index contributed by atoms with van der Waals surface area (Å²) in [4.78, 5) is 39.4. The van der Waals surface area contributed by atoms with Gasteiger partial charge >= 0.3 is 0 Å². The van der Waals surface area contributed by atoms with E-state index in [1.165, 1.54) is 12.1 Å². The Morgan fingerprint density at radius 2 is 1.78 bits per heavy atom. The van der Waals surface area contributed by atoms with E-state index in [-0.39, 0.29) is 18.5 Å². The molecule has 196 valence electrons. The highest BCUT2D eigenvalue weighted by molar-refractivity contribution is 5.33. The van der Waals surface area contributed by atoms with Crippen molar-refractivity contribution in [2.75, 3.05) is 39.4 Å². The molecule has 0 aliphatic carbocycles. The molecule has 0 saturated carbocycles. The molecule has 2 bridgehead atoms. The third-order valence-electron chi connectivity index (χ3n) is 7.65. The fourth-order valence-electron chi connectivity index (χ4n) is 5.90. The minimum absolute atomic E-state index is 0.236. The number of nitrogens with zero attached hydrogens (tertiary/aromatic N) is 5. The van der Waals surface area contributed by atoms with Crippen molar-refractivity contribution in [3.05, 3.63) is 45.9 Å². The van der Waals surface area contributed by atoms with E-state index in [2.05, 4.69) is 41.7 Å². The second kappa shape index (κ2) is 12.2. The Hall–Kier alpha value is -3.09. The van der Waals surface area contributed by atoms with Gasteiger partial charge in [-0.05, 0) is 44.3 Å². The molecule has 6 heterocycles. The van der Waals surface area contributed by atoms with Crippen molar-refractivity contribution in [1.82, 2.24) is 29.5 Å². The van der Waals surface area contributed by atoms with E-state index in [1.54, 1.807) is 6.33 Å². The quantitative estimate of drug-likeness (QED) is 0.506. The van der Waals surface area contributed by atoms with E-state index in [0.29, 0.717) is 23.8 Å². The number of pyridine rings is 1. The molecule has 0 radical (unpaired) electrons. The lowest BCUT2D eigenvalue weighted by Crippen LogP contribution is -2.56. The number of rotatable bonds is 4. The molecule has 0 aromatic carbocycles. The number of carbonyl (C=O) groups is 2. The van der Waals surface area contributed by atoms with E-state index >= 15 is 0 Å². The average Bonchev–Trinajstić information content (AvgIpc) is 3.37. The van der Waals surface area contributed by atoms with Gasteiger partial charge in [0, 0.05) is 49.3 Å². The summed E-state index contributed by atoms with van der Waals surface area (Å²) in [5.74, 6) is 2.52. The van der Waals surface area contributed by atoms with Gasteiger partial charge in [0.05, 0.1) is 19.3 Å². The van der Waals surface area contributed by atoms with Crippen molar-refractivity contribution in [2.24, 2.45) is 5.92 Å². The van der Waals surface area contributed by atoms with Crippen LogP contribution in [0.2, 0.25) is 0 Å². The van der Waals surface area contributed by atoms with Crippen LogP contribution in [0.15, 0.2) is 23.3 Å². The van der Waals surface area contributed by atoms with Gasteiger partial charge in [0.2, 0.25) is 0 Å². The molecule has 3 fully saturated rings. The highest BCUT2D eigenvalue weighted by atomic mass is 16.5. The first kappa shape index (κ1) is 26.0. The number of aromatic nitrogens is 4. The molecule has 6 rings (SSSR count). The Morgan fingerprint density at radius 1 is 1.06 bits per heavy atom. The van der Waals surface area contributed by atoms with Crippen LogP contribution in [0.3, 0.4) is 0 Å². The van der Waals surface area contributed by atoms with Gasteiger partial charge in [-0.25, -0.2) is 4.98 Å². The van der Waals surface area contributed by atoms with Gasteiger partial charge in [-0.1, -0.05) is 6.07 Å². The molecule has 2 atom stereocenters. The summed E-state index contributed by atoms with van der Waals surface area (Å²) < 4.78 is 7.51. The fourth-order valence-corrected chi connectivity index (χ4v) is 5.90. The lowest BCUT2D eigenvalue weighted by Gasteiger charge is -2.47. The van der Waals surface area contributed by atoms with Crippen LogP contribution in [0.25, 0.3) is 0 Å². The van der Waals surface area contributed by atoms with Gasteiger partial charge < -0.3 is 19.5 Å². The summed E-state index contributed by atoms with van der Waals surface area (Å²) in [6, 6.07) is 4.93. The molecule has 3 saturated heterocycles. The van der Waals surface area contributed by atoms with Crippen molar-refractivity contribution in [2.45, 2.75) is 50.2 Å². The molecule has 0 unspecified atom stereocenters. The summed E-state index contributed by atoms with van der Waals surface area (Å²) in [6.45, 7) is 7.04. The SMILES string of the molecule is O=CO.O=CO.O=c1c(CN2CCC(c3ncn[nH]3)CC2)ccc2n1C[C@H]1C[C@@H]2CN(C2COC2)C1. The lowest BCUT2D eigenvalue weighted by atomic mass is 9.82. The van der Waals surface area contributed by atoms with Crippen LogP contribution in [0.5, 0.6) is 0 Å². The summed E-state index contributed by atoms with van der Waals surface area (Å²) in [6.07, 6.45) is 4.93. The zero-order chi connectivity index (χ0) is 25.5. The first-order chi connectivity index (χ1) is 17.6. The van der Waals surface area contributed by atoms with E-state index in [0.717, 1.165) is 76.7 Å². The zero-order valence-electron chi connectivity index (χ0n) is 20.2. The molecular weight excluding hydrogens is 468 g/mol. The number of piperidine rings is 2. The smallest absolute Gasteiger partial charge is 0.290 e. The van der Waals surface area contributed by atoms with Gasteiger partial charge in [0.15, 0.2) is 0 Å². The summed E-state index contributed by atoms with van der Waals surface area (Å²) in [5.41, 5.74) is 2.43. The largest absolute Gasteiger partial charge is 0.483 e. The Bertz CT molecular complexity index is 1040. The zero-order valence-corrected chi connectivity index (χ0v) is 20.2. The number of H-pyrrole nitrogens is 1. The molecule has 2 aromatic rings. The van der Waals surface area contributed by atoms with E-state index in [9.17, 15) is 4.79 Å². The van der Waals surface area contributed by atoms with Crippen molar-refractivity contribution < 1.29 is 24.5 Å². The van der Waals surface area contributed by atoms with Crippen LogP contribution in [0.1, 0.15) is 48.2 Å².